The molecule has 1 unspecified atom stereocenters. The van der Waals surface area contributed by atoms with Gasteiger partial charge in [0.25, 0.3) is 0 Å². The lowest BCUT2D eigenvalue weighted by Gasteiger charge is -2.07. The Morgan fingerprint density at radius 3 is 2.89 bits per heavy atom. The van der Waals surface area contributed by atoms with Crippen molar-refractivity contribution in [3.8, 4) is 0 Å². The van der Waals surface area contributed by atoms with Crippen molar-refractivity contribution in [3.05, 3.63) is 33.4 Å². The zero-order valence-corrected chi connectivity index (χ0v) is 10.9. The van der Waals surface area contributed by atoms with Crippen molar-refractivity contribution < 1.29 is 14.6 Å². The fourth-order valence-electron chi connectivity index (χ4n) is 1.75. The lowest BCUT2D eigenvalue weighted by molar-refractivity contribution is -0.138. The molecular formula is C12H13NO4S. The van der Waals surface area contributed by atoms with Gasteiger partial charge in [-0.2, -0.15) is 0 Å². The highest BCUT2D eigenvalue weighted by Gasteiger charge is 2.15. The van der Waals surface area contributed by atoms with Crippen LogP contribution in [0, 0.1) is 0 Å². The first kappa shape index (κ1) is 12.8. The molecule has 18 heavy (non-hydrogen) atoms. The van der Waals surface area contributed by atoms with Crippen LogP contribution in [0.2, 0.25) is 0 Å². The maximum atomic E-state index is 11.7. The molecule has 96 valence electrons. The number of methoxy groups -OCH3 is 1. The second-order valence-corrected chi connectivity index (χ2v) is 4.99. The van der Waals surface area contributed by atoms with Crippen LogP contribution in [-0.4, -0.2) is 22.8 Å². The van der Waals surface area contributed by atoms with E-state index >= 15 is 0 Å². The van der Waals surface area contributed by atoms with E-state index in [-0.39, 0.29) is 11.6 Å². The highest BCUT2D eigenvalue weighted by Crippen LogP contribution is 2.23. The number of carboxylic acid groups (broad SMARTS) is 1. The molecule has 1 aromatic heterocycles. The third-order valence-electron chi connectivity index (χ3n) is 2.82. The van der Waals surface area contributed by atoms with Gasteiger partial charge in [0, 0.05) is 7.11 Å². The van der Waals surface area contributed by atoms with E-state index in [1.807, 2.05) is 0 Å². The third kappa shape index (κ3) is 2.16. The number of benzene rings is 1. The second-order valence-electron chi connectivity index (χ2n) is 4.00. The Balaban J connectivity index is 2.54. The van der Waals surface area contributed by atoms with Crippen LogP contribution in [0.1, 0.15) is 18.4 Å². The largest absolute Gasteiger partial charge is 0.481 e. The van der Waals surface area contributed by atoms with E-state index in [0.717, 1.165) is 21.6 Å². The molecule has 1 heterocycles. The zero-order valence-electron chi connectivity index (χ0n) is 10.0. The highest BCUT2D eigenvalue weighted by atomic mass is 32.1. The average molecular weight is 267 g/mol. The SMILES string of the molecule is COCn1c(=O)sc2cc(C(C)C(=O)O)ccc21. The zero-order chi connectivity index (χ0) is 13.3. The van der Waals surface area contributed by atoms with Gasteiger partial charge in [-0.3, -0.25) is 14.2 Å². The van der Waals surface area contributed by atoms with E-state index < -0.39 is 11.9 Å². The van der Waals surface area contributed by atoms with E-state index in [9.17, 15) is 9.59 Å². The summed E-state index contributed by atoms with van der Waals surface area (Å²) in [6.07, 6.45) is 0. The van der Waals surface area contributed by atoms with Gasteiger partial charge in [0.1, 0.15) is 6.73 Å². The molecule has 2 aromatic rings. The van der Waals surface area contributed by atoms with Gasteiger partial charge < -0.3 is 9.84 Å². The Labute approximate surface area is 107 Å². The van der Waals surface area contributed by atoms with Crippen LogP contribution in [0.4, 0.5) is 0 Å². The summed E-state index contributed by atoms with van der Waals surface area (Å²) in [5, 5.41) is 8.97. The topological polar surface area (TPSA) is 68.5 Å². The molecule has 1 atom stereocenters. The van der Waals surface area contributed by atoms with E-state index in [2.05, 4.69) is 0 Å². The number of fused-ring (bicyclic) bond motifs is 1. The molecule has 0 aliphatic carbocycles. The minimum absolute atomic E-state index is 0.105. The first-order valence-electron chi connectivity index (χ1n) is 5.39. The molecule has 0 aliphatic rings. The summed E-state index contributed by atoms with van der Waals surface area (Å²) in [7, 11) is 1.52. The minimum Gasteiger partial charge on any atom is -0.481 e. The van der Waals surface area contributed by atoms with Gasteiger partial charge in [-0.05, 0) is 24.6 Å². The molecule has 0 amide bonds. The van der Waals surface area contributed by atoms with Gasteiger partial charge in [-0.1, -0.05) is 17.4 Å². The standard InChI is InChI=1S/C12H13NO4S/c1-7(11(14)15)8-3-4-9-10(5-8)18-12(16)13(9)6-17-2/h3-5,7H,6H2,1-2H3,(H,14,15). The highest BCUT2D eigenvalue weighted by molar-refractivity contribution is 7.16. The number of carboxylic acids is 1. The van der Waals surface area contributed by atoms with Crippen LogP contribution in [0.5, 0.6) is 0 Å². The maximum absolute atomic E-state index is 11.7. The van der Waals surface area contributed by atoms with E-state index in [4.69, 9.17) is 9.84 Å². The second kappa shape index (κ2) is 4.91. The number of aliphatic carboxylic acids is 1. The van der Waals surface area contributed by atoms with Crippen molar-refractivity contribution in [2.45, 2.75) is 19.6 Å². The first-order valence-corrected chi connectivity index (χ1v) is 6.21. The van der Waals surface area contributed by atoms with Crippen LogP contribution < -0.4 is 4.87 Å². The Morgan fingerprint density at radius 1 is 1.56 bits per heavy atom. The normalized spacial score (nSPS) is 12.8. The summed E-state index contributed by atoms with van der Waals surface area (Å²) >= 11 is 1.10. The summed E-state index contributed by atoms with van der Waals surface area (Å²) < 4.78 is 7.27. The molecule has 0 aliphatic heterocycles. The number of hydrogen-bond acceptors (Lipinski definition) is 4. The predicted molar refractivity (Wildman–Crippen MR) is 69.1 cm³/mol. The molecule has 0 saturated heterocycles. The van der Waals surface area contributed by atoms with Gasteiger partial charge in [0.15, 0.2) is 0 Å². The summed E-state index contributed by atoms with van der Waals surface area (Å²) in [6, 6.07) is 5.26. The van der Waals surface area contributed by atoms with E-state index in [0.29, 0.717) is 5.56 Å². The van der Waals surface area contributed by atoms with Crippen molar-refractivity contribution in [2.75, 3.05) is 7.11 Å². The molecule has 0 saturated carbocycles. The number of thiazole rings is 1. The smallest absolute Gasteiger partial charge is 0.310 e. The average Bonchev–Trinajstić information content (AvgIpc) is 2.64. The molecule has 0 radical (unpaired) electrons. The number of carbonyl (C=O) groups is 1. The Morgan fingerprint density at radius 2 is 2.28 bits per heavy atom. The number of rotatable bonds is 4. The lowest BCUT2D eigenvalue weighted by atomic mass is 10.0. The molecular weight excluding hydrogens is 254 g/mol. The monoisotopic (exact) mass is 267 g/mol. The first-order chi connectivity index (χ1) is 8.54. The maximum Gasteiger partial charge on any atom is 0.310 e. The number of aromatic nitrogens is 1. The van der Waals surface area contributed by atoms with Crippen molar-refractivity contribution in [3.63, 3.8) is 0 Å². The number of nitrogens with zero attached hydrogens (tertiary/aromatic N) is 1. The van der Waals surface area contributed by atoms with Crippen LogP contribution in [0.3, 0.4) is 0 Å². The van der Waals surface area contributed by atoms with Crippen molar-refractivity contribution >= 4 is 27.5 Å². The fourth-order valence-corrected chi connectivity index (χ4v) is 2.67. The van der Waals surface area contributed by atoms with Gasteiger partial charge >= 0.3 is 10.8 Å². The quantitative estimate of drug-likeness (QED) is 0.918. The molecule has 1 N–H and O–H groups in total. The van der Waals surface area contributed by atoms with Crippen molar-refractivity contribution in [1.29, 1.82) is 0 Å². The van der Waals surface area contributed by atoms with Crippen LogP contribution in [0.15, 0.2) is 23.0 Å². The molecule has 0 bridgehead atoms. The molecule has 0 spiro atoms. The van der Waals surface area contributed by atoms with Gasteiger partial charge in [0.05, 0.1) is 16.1 Å². The Bertz CT molecular complexity index is 643. The molecule has 0 fully saturated rings. The lowest BCUT2D eigenvalue weighted by Crippen LogP contribution is -2.13. The van der Waals surface area contributed by atoms with E-state index in [1.54, 1.807) is 25.1 Å². The molecule has 1 aromatic carbocycles. The van der Waals surface area contributed by atoms with Gasteiger partial charge in [-0.15, -0.1) is 0 Å². The summed E-state index contributed by atoms with van der Waals surface area (Å²) in [5.41, 5.74) is 1.47. The predicted octanol–water partition coefficient (Wildman–Crippen LogP) is 1.85. The number of ether oxygens (including phenoxy) is 1. The Kier molecular flexibility index (Phi) is 3.49. The fraction of sp³-hybridized carbons (Fsp3) is 0.333. The third-order valence-corrected chi connectivity index (χ3v) is 3.76. The minimum atomic E-state index is -0.877. The van der Waals surface area contributed by atoms with Crippen LogP contribution in [0.25, 0.3) is 10.2 Å². The summed E-state index contributed by atoms with van der Waals surface area (Å²) in [4.78, 5) is 22.6. The molecule has 6 heteroatoms. The molecule has 5 nitrogen and oxygen atoms in total. The number of hydrogen-bond donors (Lipinski definition) is 1. The van der Waals surface area contributed by atoms with Crippen LogP contribution >= 0.6 is 11.3 Å². The molecule has 2 rings (SSSR count). The summed E-state index contributed by atoms with van der Waals surface area (Å²) in [5.74, 6) is -1.46. The van der Waals surface area contributed by atoms with Crippen LogP contribution in [-0.2, 0) is 16.3 Å². The van der Waals surface area contributed by atoms with Gasteiger partial charge in [0.2, 0.25) is 0 Å². The summed E-state index contributed by atoms with van der Waals surface area (Å²) in [6.45, 7) is 1.82. The van der Waals surface area contributed by atoms with Gasteiger partial charge in [-0.25, -0.2) is 0 Å². The Hall–Kier alpha value is -1.66. The van der Waals surface area contributed by atoms with Crippen molar-refractivity contribution in [2.24, 2.45) is 0 Å². The van der Waals surface area contributed by atoms with E-state index in [1.165, 1.54) is 11.7 Å². The van der Waals surface area contributed by atoms with Crippen molar-refractivity contribution in [1.82, 2.24) is 4.57 Å².